The molecule has 2 aliphatic heterocycles. The van der Waals surface area contributed by atoms with Crippen LogP contribution in [0.3, 0.4) is 0 Å². The summed E-state index contributed by atoms with van der Waals surface area (Å²) in [6.07, 6.45) is 0.574. The molecule has 0 aromatic rings. The fraction of sp³-hybridized carbons (Fsp3) is 0.889. The Morgan fingerprint density at radius 2 is 2.25 bits per heavy atom. The third kappa shape index (κ3) is 2.52. The molecule has 5 nitrogen and oxygen atoms in total. The number of sulfone groups is 1. The number of rotatable bonds is 2. The van der Waals surface area contributed by atoms with Gasteiger partial charge in [-0.1, -0.05) is 0 Å². The van der Waals surface area contributed by atoms with Crippen LogP contribution in [0.2, 0.25) is 0 Å². The van der Waals surface area contributed by atoms with Crippen LogP contribution in [0.1, 0.15) is 6.42 Å². The number of carbonyl (C=O) groups is 1. The molecule has 0 saturated carbocycles. The Labute approximate surface area is 99.9 Å². The summed E-state index contributed by atoms with van der Waals surface area (Å²) in [4.78, 5) is 13.6. The fourth-order valence-electron chi connectivity index (χ4n) is 2.06. The van der Waals surface area contributed by atoms with Crippen LogP contribution in [0, 0.1) is 0 Å². The quantitative estimate of drug-likeness (QED) is 0.714. The van der Waals surface area contributed by atoms with E-state index in [0.717, 1.165) is 11.6 Å². The molecular formula is C9H16N2O3S2. The Morgan fingerprint density at radius 1 is 1.50 bits per heavy atom. The molecule has 92 valence electrons. The van der Waals surface area contributed by atoms with Gasteiger partial charge in [-0.05, 0) is 6.42 Å². The largest absolute Gasteiger partial charge is 0.340 e. The molecule has 2 unspecified atom stereocenters. The number of hydrogen-bond donors (Lipinski definition) is 1. The van der Waals surface area contributed by atoms with E-state index in [9.17, 15) is 13.2 Å². The highest BCUT2D eigenvalue weighted by Gasteiger charge is 2.35. The second-order valence-corrected chi connectivity index (χ2v) is 7.54. The number of hydrogen-bond acceptors (Lipinski definition) is 5. The van der Waals surface area contributed by atoms with Crippen LogP contribution < -0.4 is 5.32 Å². The predicted octanol–water partition coefficient (Wildman–Crippen LogP) is -0.706. The Morgan fingerprint density at radius 3 is 2.75 bits per heavy atom. The van der Waals surface area contributed by atoms with E-state index in [-0.39, 0.29) is 29.5 Å². The molecule has 2 saturated heterocycles. The monoisotopic (exact) mass is 264 g/mol. The van der Waals surface area contributed by atoms with Gasteiger partial charge in [-0.2, -0.15) is 0 Å². The van der Waals surface area contributed by atoms with Crippen LogP contribution in [-0.2, 0) is 14.6 Å². The molecule has 0 bridgehead atoms. The minimum absolute atomic E-state index is 0.0205. The van der Waals surface area contributed by atoms with E-state index in [1.807, 2.05) is 0 Å². The van der Waals surface area contributed by atoms with Gasteiger partial charge in [0.15, 0.2) is 9.84 Å². The van der Waals surface area contributed by atoms with E-state index < -0.39 is 9.84 Å². The van der Waals surface area contributed by atoms with Crippen LogP contribution in [0.4, 0.5) is 0 Å². The van der Waals surface area contributed by atoms with Gasteiger partial charge < -0.3 is 4.90 Å². The van der Waals surface area contributed by atoms with Crippen LogP contribution in [0.25, 0.3) is 0 Å². The highest BCUT2D eigenvalue weighted by Crippen LogP contribution is 2.19. The van der Waals surface area contributed by atoms with E-state index in [0.29, 0.717) is 6.42 Å². The van der Waals surface area contributed by atoms with Gasteiger partial charge >= 0.3 is 0 Å². The van der Waals surface area contributed by atoms with Crippen molar-refractivity contribution >= 4 is 27.5 Å². The van der Waals surface area contributed by atoms with Gasteiger partial charge in [0.25, 0.3) is 0 Å². The van der Waals surface area contributed by atoms with Gasteiger partial charge in [-0.15, -0.1) is 11.8 Å². The standard InChI is InChI=1S/C9H16N2O3S2/c1-11(7-2-3-16(13,14)5-7)9(12)8-4-15-6-10-8/h7-8,10H,2-6H2,1H3. The van der Waals surface area contributed by atoms with Crippen molar-refractivity contribution in [2.24, 2.45) is 0 Å². The van der Waals surface area contributed by atoms with Gasteiger partial charge in [0.1, 0.15) is 0 Å². The molecule has 2 rings (SSSR count). The molecule has 1 amide bonds. The number of nitrogens with zero attached hydrogens (tertiary/aromatic N) is 1. The van der Waals surface area contributed by atoms with Gasteiger partial charge in [-0.3, -0.25) is 10.1 Å². The van der Waals surface area contributed by atoms with Crippen molar-refractivity contribution in [1.82, 2.24) is 10.2 Å². The molecule has 0 aliphatic carbocycles. The van der Waals surface area contributed by atoms with Crippen molar-refractivity contribution in [3.05, 3.63) is 0 Å². The maximum atomic E-state index is 12.0. The first-order valence-corrected chi connectivity index (χ1v) is 8.25. The van der Waals surface area contributed by atoms with Gasteiger partial charge in [-0.25, -0.2) is 8.42 Å². The zero-order chi connectivity index (χ0) is 11.8. The Hall–Kier alpha value is -0.270. The molecule has 0 spiro atoms. The van der Waals surface area contributed by atoms with Crippen molar-refractivity contribution < 1.29 is 13.2 Å². The predicted molar refractivity (Wildman–Crippen MR) is 64.1 cm³/mol. The molecule has 7 heteroatoms. The van der Waals surface area contributed by atoms with E-state index in [1.165, 1.54) is 0 Å². The summed E-state index contributed by atoms with van der Waals surface area (Å²) < 4.78 is 22.7. The Kier molecular flexibility index (Phi) is 3.46. The zero-order valence-electron chi connectivity index (χ0n) is 9.18. The Bertz CT molecular complexity index is 376. The number of amides is 1. The topological polar surface area (TPSA) is 66.5 Å². The lowest BCUT2D eigenvalue weighted by molar-refractivity contribution is -0.132. The van der Waals surface area contributed by atoms with Gasteiger partial charge in [0, 0.05) is 24.7 Å². The maximum Gasteiger partial charge on any atom is 0.240 e. The van der Waals surface area contributed by atoms with Crippen LogP contribution in [0.5, 0.6) is 0 Å². The third-order valence-corrected chi connectivity index (χ3v) is 5.81. The molecule has 1 N–H and O–H groups in total. The van der Waals surface area contributed by atoms with Crippen molar-refractivity contribution in [1.29, 1.82) is 0 Å². The minimum atomic E-state index is -2.92. The summed E-state index contributed by atoms with van der Waals surface area (Å²) in [6, 6.07) is -0.275. The van der Waals surface area contributed by atoms with E-state index >= 15 is 0 Å². The van der Waals surface area contributed by atoms with E-state index in [2.05, 4.69) is 5.32 Å². The van der Waals surface area contributed by atoms with Crippen molar-refractivity contribution in [3.8, 4) is 0 Å². The maximum absolute atomic E-state index is 12.0. The molecule has 2 aliphatic rings. The highest BCUT2D eigenvalue weighted by atomic mass is 32.2. The summed E-state index contributed by atoms with van der Waals surface area (Å²) in [6.45, 7) is 0. The van der Waals surface area contributed by atoms with Crippen LogP contribution >= 0.6 is 11.8 Å². The number of nitrogens with one attached hydrogen (secondary N) is 1. The molecule has 0 radical (unpaired) electrons. The van der Waals surface area contributed by atoms with E-state index in [4.69, 9.17) is 0 Å². The summed E-state index contributed by atoms with van der Waals surface area (Å²) in [5, 5.41) is 3.10. The van der Waals surface area contributed by atoms with Crippen LogP contribution in [0.15, 0.2) is 0 Å². The number of likely N-dealkylation sites (N-methyl/N-ethyl adjacent to an activating group) is 1. The lowest BCUT2D eigenvalue weighted by Crippen LogP contribution is -2.47. The first kappa shape index (κ1) is 12.2. The molecular weight excluding hydrogens is 248 g/mol. The SMILES string of the molecule is CN(C(=O)C1CSCN1)C1CCS(=O)(=O)C1. The van der Waals surface area contributed by atoms with E-state index in [1.54, 1.807) is 23.7 Å². The second kappa shape index (κ2) is 4.54. The molecule has 2 atom stereocenters. The lowest BCUT2D eigenvalue weighted by Gasteiger charge is -2.26. The average molecular weight is 264 g/mol. The van der Waals surface area contributed by atoms with Gasteiger partial charge in [0.2, 0.25) is 5.91 Å². The van der Waals surface area contributed by atoms with Crippen molar-refractivity contribution in [3.63, 3.8) is 0 Å². The van der Waals surface area contributed by atoms with Crippen LogP contribution in [-0.4, -0.2) is 61.5 Å². The average Bonchev–Trinajstić information content (AvgIpc) is 2.84. The lowest BCUT2D eigenvalue weighted by atomic mass is 10.2. The summed E-state index contributed by atoms with van der Waals surface area (Å²) in [5.41, 5.74) is 0. The van der Waals surface area contributed by atoms with Gasteiger partial charge in [0.05, 0.1) is 17.5 Å². The molecule has 0 aromatic heterocycles. The summed E-state index contributed by atoms with van der Waals surface area (Å²) in [7, 11) is -1.21. The highest BCUT2D eigenvalue weighted by molar-refractivity contribution is 7.99. The first-order valence-electron chi connectivity index (χ1n) is 5.28. The first-order chi connectivity index (χ1) is 7.49. The molecule has 0 aromatic carbocycles. The summed E-state index contributed by atoms with van der Waals surface area (Å²) >= 11 is 1.69. The normalized spacial score (nSPS) is 32.8. The number of thioether (sulfide) groups is 1. The zero-order valence-corrected chi connectivity index (χ0v) is 10.8. The van der Waals surface area contributed by atoms with Crippen molar-refractivity contribution in [2.45, 2.75) is 18.5 Å². The fourth-order valence-corrected chi connectivity index (χ4v) is 4.77. The second-order valence-electron chi connectivity index (χ2n) is 4.28. The summed E-state index contributed by atoms with van der Waals surface area (Å²) in [5.74, 6) is 1.93. The minimum Gasteiger partial charge on any atom is -0.340 e. The molecule has 2 fully saturated rings. The third-order valence-electron chi connectivity index (χ3n) is 3.12. The van der Waals surface area contributed by atoms with Crippen molar-refractivity contribution in [2.75, 3.05) is 30.2 Å². The smallest absolute Gasteiger partial charge is 0.240 e. The number of carbonyl (C=O) groups excluding carboxylic acids is 1. The molecule has 16 heavy (non-hydrogen) atoms. The molecule has 2 heterocycles. The Balaban J connectivity index is 1.97.